The third kappa shape index (κ3) is 5.11. The lowest BCUT2D eigenvalue weighted by molar-refractivity contribution is -0.274. The molecule has 0 saturated carbocycles. The first-order valence-corrected chi connectivity index (χ1v) is 8.54. The third-order valence-corrected chi connectivity index (χ3v) is 5.02. The molecule has 1 aromatic rings. The number of nitrogens with one attached hydrogen (secondary N) is 2. The van der Waals surface area contributed by atoms with Gasteiger partial charge < -0.3 is 4.74 Å². The van der Waals surface area contributed by atoms with Gasteiger partial charge in [-0.25, -0.2) is 8.42 Å². The Bertz CT molecular complexity index is 731. The van der Waals surface area contributed by atoms with Crippen LogP contribution in [0.5, 0.6) is 5.75 Å². The van der Waals surface area contributed by atoms with E-state index in [0.29, 0.717) is 0 Å². The maximum Gasteiger partial charge on any atom is 0.573 e. The highest BCUT2D eigenvalue weighted by Crippen LogP contribution is 2.22. The highest BCUT2D eigenvalue weighted by molar-refractivity contribution is 7.91. The van der Waals surface area contributed by atoms with E-state index in [1.807, 2.05) is 0 Å². The molecule has 1 fully saturated rings. The van der Waals surface area contributed by atoms with Crippen molar-refractivity contribution in [3.05, 3.63) is 29.8 Å². The Morgan fingerprint density at radius 3 is 2.25 bits per heavy atom. The van der Waals surface area contributed by atoms with E-state index in [4.69, 9.17) is 0 Å². The lowest BCUT2D eigenvalue weighted by Crippen LogP contribution is -2.44. The molecule has 0 radical (unpaired) electrons. The van der Waals surface area contributed by atoms with Crippen LogP contribution in [0.2, 0.25) is 0 Å². The standard InChI is InChI=1S/C13H13F3N2O5S/c14-13(15,16)23-10-3-1-8(2-4-10)11(19)17-18-12(20)9-5-6-24(21,22)7-9/h1-4,9H,5-7H2,(H,17,19)(H,18,20)/t9-/m0/s1. The second-order valence-corrected chi connectivity index (χ2v) is 7.34. The van der Waals surface area contributed by atoms with Gasteiger partial charge in [0.15, 0.2) is 9.84 Å². The van der Waals surface area contributed by atoms with Gasteiger partial charge in [0.2, 0.25) is 5.91 Å². The number of hydrogen-bond donors (Lipinski definition) is 2. The summed E-state index contributed by atoms with van der Waals surface area (Å²) in [6, 6.07) is 4.08. The van der Waals surface area contributed by atoms with Crippen LogP contribution in [0.3, 0.4) is 0 Å². The van der Waals surface area contributed by atoms with E-state index in [0.717, 1.165) is 24.3 Å². The third-order valence-electron chi connectivity index (χ3n) is 3.25. The van der Waals surface area contributed by atoms with Crippen molar-refractivity contribution < 1.29 is 35.9 Å². The molecule has 132 valence electrons. The van der Waals surface area contributed by atoms with Crippen LogP contribution in [0.15, 0.2) is 24.3 Å². The number of alkyl halides is 3. The number of hydrogen-bond acceptors (Lipinski definition) is 5. The minimum Gasteiger partial charge on any atom is -0.406 e. The number of amides is 2. The van der Waals surface area contributed by atoms with Crippen molar-refractivity contribution in [1.82, 2.24) is 10.9 Å². The van der Waals surface area contributed by atoms with E-state index in [9.17, 15) is 31.2 Å². The number of carbonyl (C=O) groups is 2. The minimum absolute atomic E-state index is 0.0103. The van der Waals surface area contributed by atoms with Crippen LogP contribution in [0, 0.1) is 5.92 Å². The Kier molecular flexibility index (Phi) is 5.02. The second-order valence-electron chi connectivity index (χ2n) is 5.12. The van der Waals surface area contributed by atoms with Gasteiger partial charge in [0.1, 0.15) is 5.75 Å². The molecule has 0 aliphatic carbocycles. The number of sulfone groups is 1. The molecule has 0 spiro atoms. The summed E-state index contributed by atoms with van der Waals surface area (Å²) in [7, 11) is -3.23. The molecule has 1 atom stereocenters. The van der Waals surface area contributed by atoms with Crippen LogP contribution < -0.4 is 15.6 Å². The van der Waals surface area contributed by atoms with Crippen molar-refractivity contribution in [2.75, 3.05) is 11.5 Å². The van der Waals surface area contributed by atoms with Gasteiger partial charge in [-0.1, -0.05) is 0 Å². The Labute approximate surface area is 135 Å². The SMILES string of the molecule is O=C(NNC(=O)[C@H]1CCS(=O)(=O)C1)c1ccc(OC(F)(F)F)cc1. The van der Waals surface area contributed by atoms with Gasteiger partial charge >= 0.3 is 6.36 Å². The Hall–Kier alpha value is -2.30. The summed E-state index contributed by atoms with van der Waals surface area (Å²) in [5, 5.41) is 0. The van der Waals surface area contributed by atoms with Gasteiger partial charge in [-0.2, -0.15) is 0 Å². The number of rotatable bonds is 3. The fraction of sp³-hybridized carbons (Fsp3) is 0.385. The predicted octanol–water partition coefficient (Wildman–Crippen LogP) is 0.781. The second kappa shape index (κ2) is 6.67. The van der Waals surface area contributed by atoms with Crippen LogP contribution >= 0.6 is 0 Å². The summed E-state index contributed by atoms with van der Waals surface area (Å²) in [5.41, 5.74) is 4.16. The molecule has 2 N–H and O–H groups in total. The fourth-order valence-corrected chi connectivity index (χ4v) is 3.84. The van der Waals surface area contributed by atoms with Crippen LogP contribution in [0.1, 0.15) is 16.8 Å². The quantitative estimate of drug-likeness (QED) is 0.770. The van der Waals surface area contributed by atoms with Gasteiger partial charge in [-0.15, -0.1) is 13.2 Å². The fourth-order valence-electron chi connectivity index (χ4n) is 2.10. The molecule has 1 heterocycles. The molecule has 0 unspecified atom stereocenters. The zero-order valence-electron chi connectivity index (χ0n) is 12.1. The molecule has 2 rings (SSSR count). The molecule has 7 nitrogen and oxygen atoms in total. The Morgan fingerprint density at radius 2 is 1.75 bits per heavy atom. The van der Waals surface area contributed by atoms with E-state index >= 15 is 0 Å². The van der Waals surface area contributed by atoms with Gasteiger partial charge in [0.25, 0.3) is 5.91 Å². The average molecular weight is 366 g/mol. The molecule has 1 aromatic carbocycles. The van der Waals surface area contributed by atoms with Crippen molar-refractivity contribution in [1.29, 1.82) is 0 Å². The molecule has 0 aromatic heterocycles. The van der Waals surface area contributed by atoms with E-state index in [1.54, 1.807) is 0 Å². The van der Waals surface area contributed by atoms with E-state index < -0.39 is 39.7 Å². The van der Waals surface area contributed by atoms with Crippen molar-refractivity contribution in [2.24, 2.45) is 5.92 Å². The molecule has 2 amide bonds. The van der Waals surface area contributed by atoms with E-state index in [1.165, 1.54) is 0 Å². The molecular weight excluding hydrogens is 353 g/mol. The average Bonchev–Trinajstić information content (AvgIpc) is 2.84. The van der Waals surface area contributed by atoms with Gasteiger partial charge in [-0.3, -0.25) is 20.4 Å². The molecule has 11 heteroatoms. The number of carbonyl (C=O) groups excluding carboxylic acids is 2. The first kappa shape index (κ1) is 18.0. The maximum absolute atomic E-state index is 12.0. The molecule has 0 bridgehead atoms. The lowest BCUT2D eigenvalue weighted by Gasteiger charge is -2.11. The van der Waals surface area contributed by atoms with Gasteiger partial charge in [0.05, 0.1) is 17.4 Å². The summed E-state index contributed by atoms with van der Waals surface area (Å²) < 4.78 is 62.3. The molecule has 1 aliphatic rings. The lowest BCUT2D eigenvalue weighted by atomic mass is 10.1. The number of benzene rings is 1. The minimum atomic E-state index is -4.83. The number of hydrazine groups is 1. The molecule has 24 heavy (non-hydrogen) atoms. The summed E-state index contributed by atoms with van der Waals surface area (Å²) in [6.45, 7) is 0. The topological polar surface area (TPSA) is 102 Å². The predicted molar refractivity (Wildman–Crippen MR) is 75.5 cm³/mol. The van der Waals surface area contributed by atoms with Crippen molar-refractivity contribution >= 4 is 21.7 Å². The van der Waals surface area contributed by atoms with Crippen LogP contribution in [-0.2, 0) is 14.6 Å². The molecule has 1 saturated heterocycles. The summed E-state index contributed by atoms with van der Waals surface area (Å²) in [5.74, 6) is -2.99. The highest BCUT2D eigenvalue weighted by Gasteiger charge is 2.33. The maximum atomic E-state index is 12.0. The number of halogens is 3. The Balaban J connectivity index is 1.87. The molecular formula is C13H13F3N2O5S. The summed E-state index contributed by atoms with van der Waals surface area (Å²) >= 11 is 0. The van der Waals surface area contributed by atoms with Crippen molar-refractivity contribution in [3.8, 4) is 5.75 Å². The van der Waals surface area contributed by atoms with E-state index in [-0.39, 0.29) is 23.5 Å². The summed E-state index contributed by atoms with van der Waals surface area (Å²) in [6.07, 6.45) is -4.66. The van der Waals surface area contributed by atoms with Gasteiger partial charge in [0, 0.05) is 5.56 Å². The highest BCUT2D eigenvalue weighted by atomic mass is 32.2. The smallest absolute Gasteiger partial charge is 0.406 e. The van der Waals surface area contributed by atoms with E-state index in [2.05, 4.69) is 15.6 Å². The first-order valence-electron chi connectivity index (χ1n) is 6.72. The largest absolute Gasteiger partial charge is 0.573 e. The van der Waals surface area contributed by atoms with Crippen LogP contribution in [0.25, 0.3) is 0 Å². The first-order chi connectivity index (χ1) is 11.1. The van der Waals surface area contributed by atoms with Crippen LogP contribution in [-0.4, -0.2) is 38.1 Å². The zero-order chi connectivity index (χ0) is 18.0. The van der Waals surface area contributed by atoms with Crippen molar-refractivity contribution in [3.63, 3.8) is 0 Å². The van der Waals surface area contributed by atoms with Crippen molar-refractivity contribution in [2.45, 2.75) is 12.8 Å². The molecule has 1 aliphatic heterocycles. The van der Waals surface area contributed by atoms with Crippen LogP contribution in [0.4, 0.5) is 13.2 Å². The number of ether oxygens (including phenoxy) is 1. The Morgan fingerprint density at radius 1 is 1.12 bits per heavy atom. The normalized spacial score (nSPS) is 19.5. The van der Waals surface area contributed by atoms with Gasteiger partial charge in [-0.05, 0) is 30.7 Å². The monoisotopic (exact) mass is 366 g/mol. The summed E-state index contributed by atoms with van der Waals surface area (Å²) in [4.78, 5) is 23.5. The zero-order valence-corrected chi connectivity index (χ0v) is 12.9.